The second-order valence-corrected chi connectivity index (χ2v) is 8.14. The highest BCUT2D eigenvalue weighted by Crippen LogP contribution is 2.13. The van der Waals surface area contributed by atoms with Crippen LogP contribution in [0.4, 0.5) is 4.79 Å². The lowest BCUT2D eigenvalue weighted by Gasteiger charge is -2.15. The zero-order chi connectivity index (χ0) is 21.6. The molecule has 172 valence electrons. The van der Waals surface area contributed by atoms with Crippen LogP contribution in [0.3, 0.4) is 0 Å². The summed E-state index contributed by atoms with van der Waals surface area (Å²) in [5.41, 5.74) is 0. The van der Waals surface area contributed by atoms with Gasteiger partial charge in [-0.25, -0.2) is 4.79 Å². The van der Waals surface area contributed by atoms with E-state index in [1.54, 1.807) is 7.05 Å². The number of unbranched alkanes of at least 4 members (excludes halogenated alkanes) is 14. The van der Waals surface area contributed by atoms with Crippen molar-refractivity contribution < 1.29 is 19.1 Å². The molecule has 0 spiro atoms. The summed E-state index contributed by atoms with van der Waals surface area (Å²) in [6, 6.07) is 0. The highest BCUT2D eigenvalue weighted by Gasteiger charge is 2.14. The summed E-state index contributed by atoms with van der Waals surface area (Å²) < 4.78 is 10.2. The van der Waals surface area contributed by atoms with E-state index in [2.05, 4.69) is 6.92 Å². The lowest BCUT2D eigenvalue weighted by molar-refractivity contribution is -0.144. The van der Waals surface area contributed by atoms with Crippen LogP contribution in [0.1, 0.15) is 117 Å². The van der Waals surface area contributed by atoms with Gasteiger partial charge in [-0.1, -0.05) is 104 Å². The number of carbonyl (C=O) groups excluding carboxylic acids is 2. The van der Waals surface area contributed by atoms with Crippen LogP contribution in [0, 0.1) is 0 Å². The van der Waals surface area contributed by atoms with Crippen molar-refractivity contribution in [2.24, 2.45) is 0 Å². The highest BCUT2D eigenvalue weighted by molar-refractivity contribution is 5.77. The van der Waals surface area contributed by atoms with Crippen LogP contribution in [0.15, 0.2) is 0 Å². The van der Waals surface area contributed by atoms with Gasteiger partial charge in [-0.2, -0.15) is 0 Å². The quantitative estimate of drug-likeness (QED) is 0.161. The number of hydrogen-bond donors (Lipinski definition) is 0. The predicted octanol–water partition coefficient (Wildman–Crippen LogP) is 6.88. The number of nitrogens with zero attached hydrogens (tertiary/aromatic N) is 1. The van der Waals surface area contributed by atoms with Crippen molar-refractivity contribution in [3.8, 4) is 0 Å². The minimum absolute atomic E-state index is 0.0543. The van der Waals surface area contributed by atoms with Crippen molar-refractivity contribution >= 4 is 12.1 Å². The Labute approximate surface area is 179 Å². The second kappa shape index (κ2) is 21.4. The first-order chi connectivity index (χ1) is 14.1. The lowest BCUT2D eigenvalue weighted by atomic mass is 10.0. The maximum absolute atomic E-state index is 11.7. The third-order valence-corrected chi connectivity index (χ3v) is 5.12. The minimum atomic E-state index is -0.476. The van der Waals surface area contributed by atoms with Crippen LogP contribution >= 0.6 is 0 Å². The van der Waals surface area contributed by atoms with Crippen LogP contribution in [0.2, 0.25) is 0 Å². The van der Waals surface area contributed by atoms with Gasteiger partial charge in [-0.05, 0) is 12.8 Å². The number of hydrogen-bond acceptors (Lipinski definition) is 4. The summed E-state index contributed by atoms with van der Waals surface area (Å²) in [6.45, 7) is 4.96. The molecule has 0 aromatic carbocycles. The summed E-state index contributed by atoms with van der Waals surface area (Å²) in [5.74, 6) is -0.369. The van der Waals surface area contributed by atoms with E-state index in [0.29, 0.717) is 13.2 Å². The zero-order valence-electron chi connectivity index (χ0n) is 19.5. The fourth-order valence-corrected chi connectivity index (χ4v) is 3.26. The SMILES string of the molecule is CCCCCCCCCCCCCCCCCOC(=O)CN(C)C(=O)OCCC. The molecule has 0 atom stereocenters. The molecule has 0 radical (unpaired) electrons. The van der Waals surface area contributed by atoms with Crippen LogP contribution in [0.25, 0.3) is 0 Å². The van der Waals surface area contributed by atoms with E-state index in [0.717, 1.165) is 19.3 Å². The first-order valence-electron chi connectivity index (χ1n) is 12.1. The van der Waals surface area contributed by atoms with Gasteiger partial charge in [0.15, 0.2) is 0 Å². The molecule has 1 amide bonds. The van der Waals surface area contributed by atoms with Crippen molar-refractivity contribution in [1.82, 2.24) is 4.90 Å². The number of amides is 1. The molecule has 0 unspecified atom stereocenters. The summed E-state index contributed by atoms with van der Waals surface area (Å²) in [5, 5.41) is 0. The molecule has 0 aromatic rings. The summed E-state index contributed by atoms with van der Waals surface area (Å²) >= 11 is 0. The maximum Gasteiger partial charge on any atom is 0.410 e. The first-order valence-corrected chi connectivity index (χ1v) is 12.1. The fraction of sp³-hybridized carbons (Fsp3) is 0.917. The molecule has 5 heteroatoms. The predicted molar refractivity (Wildman–Crippen MR) is 120 cm³/mol. The van der Waals surface area contributed by atoms with Gasteiger partial charge >= 0.3 is 12.1 Å². The second-order valence-electron chi connectivity index (χ2n) is 8.14. The molecular formula is C24H47NO4. The molecule has 0 saturated heterocycles. The molecule has 0 fully saturated rings. The van der Waals surface area contributed by atoms with E-state index >= 15 is 0 Å². The van der Waals surface area contributed by atoms with Gasteiger partial charge in [0, 0.05) is 7.05 Å². The van der Waals surface area contributed by atoms with Crippen molar-refractivity contribution in [2.45, 2.75) is 117 Å². The number of rotatable bonds is 20. The van der Waals surface area contributed by atoms with Crippen LogP contribution in [-0.4, -0.2) is 43.8 Å². The lowest BCUT2D eigenvalue weighted by Crippen LogP contribution is -2.33. The van der Waals surface area contributed by atoms with E-state index in [1.165, 1.54) is 88.4 Å². The van der Waals surface area contributed by atoms with Gasteiger partial charge < -0.3 is 14.4 Å². The van der Waals surface area contributed by atoms with Crippen molar-refractivity contribution in [2.75, 3.05) is 26.8 Å². The van der Waals surface area contributed by atoms with Gasteiger partial charge in [0.25, 0.3) is 0 Å². The standard InChI is InChI=1S/C24H47NO4/c1-4-6-7-8-9-10-11-12-13-14-15-16-17-18-19-21-28-23(26)22-25(3)24(27)29-20-5-2/h4-22H2,1-3H3. The van der Waals surface area contributed by atoms with E-state index in [4.69, 9.17) is 9.47 Å². The third kappa shape index (κ3) is 19.8. The molecule has 0 aliphatic heterocycles. The topological polar surface area (TPSA) is 55.8 Å². The molecule has 0 saturated carbocycles. The average Bonchev–Trinajstić information content (AvgIpc) is 2.71. The van der Waals surface area contributed by atoms with Crippen molar-refractivity contribution in [1.29, 1.82) is 0 Å². The number of likely N-dealkylation sites (N-methyl/N-ethyl adjacent to an activating group) is 1. The Morgan fingerprint density at radius 1 is 0.586 bits per heavy atom. The Hall–Kier alpha value is -1.26. The monoisotopic (exact) mass is 413 g/mol. The number of carbonyl (C=O) groups is 2. The molecule has 0 heterocycles. The van der Waals surface area contributed by atoms with E-state index in [1.807, 2.05) is 6.92 Å². The molecule has 0 aromatic heterocycles. The van der Waals surface area contributed by atoms with Gasteiger partial charge in [0.05, 0.1) is 13.2 Å². The molecule has 5 nitrogen and oxygen atoms in total. The number of ether oxygens (including phenoxy) is 2. The molecule has 0 N–H and O–H groups in total. The highest BCUT2D eigenvalue weighted by atomic mass is 16.6. The van der Waals surface area contributed by atoms with Gasteiger partial charge in [-0.15, -0.1) is 0 Å². The summed E-state index contributed by atoms with van der Waals surface area (Å²) in [7, 11) is 1.55. The smallest absolute Gasteiger partial charge is 0.410 e. The van der Waals surface area contributed by atoms with Gasteiger partial charge in [0.2, 0.25) is 0 Å². The Kier molecular flexibility index (Phi) is 20.5. The average molecular weight is 414 g/mol. The molecular weight excluding hydrogens is 366 g/mol. The fourth-order valence-electron chi connectivity index (χ4n) is 3.26. The van der Waals surface area contributed by atoms with Crippen LogP contribution in [0.5, 0.6) is 0 Å². The zero-order valence-corrected chi connectivity index (χ0v) is 19.5. The molecule has 0 aliphatic rings. The van der Waals surface area contributed by atoms with Crippen molar-refractivity contribution in [3.05, 3.63) is 0 Å². The van der Waals surface area contributed by atoms with E-state index in [9.17, 15) is 9.59 Å². The Bertz CT molecular complexity index is 387. The van der Waals surface area contributed by atoms with Gasteiger partial charge in [0.1, 0.15) is 6.54 Å². The van der Waals surface area contributed by atoms with Crippen molar-refractivity contribution in [3.63, 3.8) is 0 Å². The molecule has 0 aliphatic carbocycles. The van der Waals surface area contributed by atoms with Crippen LogP contribution < -0.4 is 0 Å². The third-order valence-electron chi connectivity index (χ3n) is 5.12. The van der Waals surface area contributed by atoms with E-state index < -0.39 is 6.09 Å². The Morgan fingerprint density at radius 3 is 1.48 bits per heavy atom. The Balaban J connectivity index is 3.30. The summed E-state index contributed by atoms with van der Waals surface area (Å²) in [4.78, 5) is 24.5. The molecule has 0 rings (SSSR count). The largest absolute Gasteiger partial charge is 0.464 e. The Morgan fingerprint density at radius 2 is 1.03 bits per heavy atom. The molecule has 0 bridgehead atoms. The van der Waals surface area contributed by atoms with E-state index in [-0.39, 0.29) is 12.5 Å². The summed E-state index contributed by atoms with van der Waals surface area (Å²) in [6.07, 6.45) is 20.0. The minimum Gasteiger partial charge on any atom is -0.464 e. The normalized spacial score (nSPS) is 10.7. The van der Waals surface area contributed by atoms with Gasteiger partial charge in [-0.3, -0.25) is 4.79 Å². The number of esters is 1. The maximum atomic E-state index is 11.7. The van der Waals surface area contributed by atoms with Crippen LogP contribution in [-0.2, 0) is 14.3 Å². The molecule has 29 heavy (non-hydrogen) atoms. The first kappa shape index (κ1) is 27.7.